The molecule has 0 saturated carbocycles. The molecule has 28 heavy (non-hydrogen) atoms. The first kappa shape index (κ1) is 19.9. The summed E-state index contributed by atoms with van der Waals surface area (Å²) < 4.78 is 25.0. The van der Waals surface area contributed by atoms with Crippen molar-refractivity contribution >= 4 is 49.5 Å². The zero-order valence-corrected chi connectivity index (χ0v) is 16.7. The number of imidazole rings is 1. The Morgan fingerprint density at radius 3 is 2.50 bits per heavy atom. The van der Waals surface area contributed by atoms with Crippen LogP contribution in [0.15, 0.2) is 47.4 Å². The molecule has 0 spiro atoms. The highest BCUT2D eigenvalue weighted by atomic mass is 35.5. The van der Waals surface area contributed by atoms with E-state index in [1.807, 2.05) is 32.2 Å². The number of carbonyl (C=O) groups is 1. The number of hydrogen-bond acceptors (Lipinski definition) is 4. The van der Waals surface area contributed by atoms with E-state index in [0.717, 1.165) is 11.3 Å². The zero-order valence-electron chi connectivity index (χ0n) is 15.1. The maximum Gasteiger partial charge on any atom is 0.266 e. The fraction of sp³-hybridized carbons (Fsp3) is 0.111. The molecule has 10 heteroatoms. The SMILES string of the molecule is Cc1nc2ccccc2n1C.NC(=O)c1[nH]c2ccc(Cl)cc2c1S(N)(=O)=O. The number of H-pyrrole nitrogens is 1. The van der Waals surface area contributed by atoms with Gasteiger partial charge in [0.15, 0.2) is 0 Å². The molecule has 1 amide bonds. The van der Waals surface area contributed by atoms with Crippen LogP contribution in [0.2, 0.25) is 5.02 Å². The molecule has 0 aliphatic carbocycles. The Bertz CT molecular complexity index is 1310. The van der Waals surface area contributed by atoms with Crippen molar-refractivity contribution < 1.29 is 13.2 Å². The summed E-state index contributed by atoms with van der Waals surface area (Å²) >= 11 is 5.76. The number of halogens is 1. The minimum atomic E-state index is -4.07. The first-order valence-corrected chi connectivity index (χ1v) is 10.0. The number of rotatable bonds is 2. The molecule has 0 unspecified atom stereocenters. The average Bonchev–Trinajstić information content (AvgIpc) is 3.13. The van der Waals surface area contributed by atoms with E-state index in [4.69, 9.17) is 22.5 Å². The van der Waals surface area contributed by atoms with Crippen LogP contribution in [0.4, 0.5) is 0 Å². The highest BCUT2D eigenvalue weighted by Gasteiger charge is 2.24. The van der Waals surface area contributed by atoms with Crippen molar-refractivity contribution in [3.05, 3.63) is 59.0 Å². The van der Waals surface area contributed by atoms with Gasteiger partial charge in [-0.3, -0.25) is 4.79 Å². The quantitative estimate of drug-likeness (QED) is 0.459. The molecule has 5 N–H and O–H groups in total. The molecule has 0 bridgehead atoms. The molecule has 8 nitrogen and oxygen atoms in total. The molecular weight excluding hydrogens is 402 g/mol. The molecule has 4 aromatic rings. The summed E-state index contributed by atoms with van der Waals surface area (Å²) in [5.74, 6) is 0.160. The standard InChI is InChI=1S/C9H8ClN3O3S.C9H10N2/c10-4-1-2-6-5(3-4)8(17(12,15)16)7(13-6)9(11)14;1-7-10-8-5-3-4-6-9(8)11(7)2/h1-3,13H,(H2,11,14)(H2,12,15,16);3-6H,1-2H3. The Balaban J connectivity index is 0.000000176. The molecule has 0 radical (unpaired) electrons. The van der Waals surface area contributed by atoms with E-state index >= 15 is 0 Å². The first-order valence-electron chi connectivity index (χ1n) is 8.11. The summed E-state index contributed by atoms with van der Waals surface area (Å²) in [4.78, 5) is 17.8. The molecule has 2 heterocycles. The summed E-state index contributed by atoms with van der Waals surface area (Å²) in [5.41, 5.74) is 7.54. The minimum absolute atomic E-state index is 0.244. The number of aryl methyl sites for hydroxylation is 2. The molecule has 2 aromatic heterocycles. The molecule has 4 rings (SSSR count). The van der Waals surface area contributed by atoms with E-state index in [0.29, 0.717) is 10.5 Å². The van der Waals surface area contributed by atoms with Crippen molar-refractivity contribution in [2.45, 2.75) is 11.8 Å². The highest BCUT2D eigenvalue weighted by molar-refractivity contribution is 7.89. The number of nitrogens with one attached hydrogen (secondary N) is 1. The number of amides is 1. The van der Waals surface area contributed by atoms with Gasteiger partial charge in [-0.25, -0.2) is 18.5 Å². The van der Waals surface area contributed by atoms with Gasteiger partial charge in [-0.1, -0.05) is 23.7 Å². The minimum Gasteiger partial charge on any atom is -0.364 e. The van der Waals surface area contributed by atoms with Gasteiger partial charge in [0.25, 0.3) is 5.91 Å². The maximum absolute atomic E-state index is 11.5. The summed E-state index contributed by atoms with van der Waals surface area (Å²) in [6.45, 7) is 2.01. The lowest BCUT2D eigenvalue weighted by atomic mass is 10.2. The molecular formula is C18H18ClN5O3S. The number of primary sulfonamides is 1. The molecule has 0 atom stereocenters. The van der Waals surface area contributed by atoms with E-state index in [1.54, 1.807) is 12.1 Å². The Morgan fingerprint density at radius 1 is 1.21 bits per heavy atom. The summed E-state index contributed by atoms with van der Waals surface area (Å²) in [6.07, 6.45) is 0. The number of sulfonamides is 1. The number of aromatic amines is 1. The lowest BCUT2D eigenvalue weighted by Gasteiger charge is -1.98. The van der Waals surface area contributed by atoms with Crippen LogP contribution in [-0.2, 0) is 17.1 Å². The van der Waals surface area contributed by atoms with E-state index in [9.17, 15) is 13.2 Å². The third kappa shape index (κ3) is 3.72. The predicted octanol–water partition coefficient (Wildman–Crippen LogP) is 2.45. The average molecular weight is 420 g/mol. The van der Waals surface area contributed by atoms with Gasteiger partial charge < -0.3 is 15.3 Å². The fourth-order valence-corrected chi connectivity index (χ4v) is 3.96. The Labute approximate surface area is 166 Å². The second-order valence-corrected chi connectivity index (χ2v) is 8.07. The van der Waals surface area contributed by atoms with Gasteiger partial charge in [-0.15, -0.1) is 0 Å². The fourth-order valence-electron chi connectivity index (χ4n) is 2.87. The number of aromatic nitrogens is 3. The molecule has 0 aliphatic rings. The third-order valence-corrected chi connectivity index (χ3v) is 5.48. The van der Waals surface area contributed by atoms with E-state index < -0.39 is 15.9 Å². The molecule has 0 saturated heterocycles. The number of nitrogens with zero attached hydrogens (tertiary/aromatic N) is 2. The van der Waals surface area contributed by atoms with Crippen LogP contribution >= 0.6 is 11.6 Å². The second-order valence-electron chi connectivity index (χ2n) is 6.14. The van der Waals surface area contributed by atoms with Gasteiger partial charge in [0.2, 0.25) is 10.0 Å². The van der Waals surface area contributed by atoms with Crippen LogP contribution in [0.5, 0.6) is 0 Å². The highest BCUT2D eigenvalue weighted by Crippen LogP contribution is 2.28. The van der Waals surface area contributed by atoms with Crippen LogP contribution in [0, 0.1) is 6.92 Å². The number of benzene rings is 2. The monoisotopic (exact) mass is 419 g/mol. The molecule has 2 aromatic carbocycles. The van der Waals surface area contributed by atoms with Crippen LogP contribution in [0.3, 0.4) is 0 Å². The summed E-state index contributed by atoms with van der Waals surface area (Å²) in [5, 5.41) is 5.63. The van der Waals surface area contributed by atoms with Crippen LogP contribution < -0.4 is 10.9 Å². The topological polar surface area (TPSA) is 137 Å². The van der Waals surface area contributed by atoms with Gasteiger partial charge >= 0.3 is 0 Å². The van der Waals surface area contributed by atoms with Gasteiger partial charge in [-0.2, -0.15) is 0 Å². The molecule has 0 aliphatic heterocycles. The normalized spacial score (nSPS) is 11.4. The first-order chi connectivity index (χ1) is 13.1. The Hall–Kier alpha value is -2.88. The van der Waals surface area contributed by atoms with E-state index in [1.165, 1.54) is 11.6 Å². The smallest absolute Gasteiger partial charge is 0.266 e. The lowest BCUT2D eigenvalue weighted by molar-refractivity contribution is 0.0993. The van der Waals surface area contributed by atoms with Gasteiger partial charge in [0, 0.05) is 23.0 Å². The number of carbonyl (C=O) groups excluding carboxylic acids is 1. The lowest BCUT2D eigenvalue weighted by Crippen LogP contribution is -2.19. The van der Waals surface area contributed by atoms with Crippen molar-refractivity contribution in [1.82, 2.24) is 14.5 Å². The summed E-state index contributed by atoms with van der Waals surface area (Å²) in [6, 6.07) is 12.6. The zero-order chi connectivity index (χ0) is 20.6. The van der Waals surface area contributed by atoms with Crippen molar-refractivity contribution in [2.75, 3.05) is 0 Å². The predicted molar refractivity (Wildman–Crippen MR) is 109 cm³/mol. The number of primary amides is 1. The third-order valence-electron chi connectivity index (χ3n) is 4.25. The van der Waals surface area contributed by atoms with E-state index in [2.05, 4.69) is 20.6 Å². The van der Waals surface area contributed by atoms with Crippen molar-refractivity contribution in [3.8, 4) is 0 Å². The van der Waals surface area contributed by atoms with Crippen LogP contribution in [-0.4, -0.2) is 28.9 Å². The van der Waals surface area contributed by atoms with Gasteiger partial charge in [0.1, 0.15) is 16.4 Å². The molecule has 146 valence electrons. The largest absolute Gasteiger partial charge is 0.364 e. The number of hydrogen-bond donors (Lipinski definition) is 3. The molecule has 0 fully saturated rings. The Morgan fingerprint density at radius 2 is 1.89 bits per heavy atom. The van der Waals surface area contributed by atoms with Gasteiger partial charge in [-0.05, 0) is 37.3 Å². The number of nitrogens with two attached hydrogens (primary N) is 2. The maximum atomic E-state index is 11.5. The van der Waals surface area contributed by atoms with Crippen molar-refractivity contribution in [3.63, 3.8) is 0 Å². The number of para-hydroxylation sites is 2. The van der Waals surface area contributed by atoms with E-state index in [-0.39, 0.29) is 16.0 Å². The van der Waals surface area contributed by atoms with Crippen LogP contribution in [0.25, 0.3) is 21.9 Å². The summed E-state index contributed by atoms with van der Waals surface area (Å²) in [7, 11) is -2.04. The van der Waals surface area contributed by atoms with Gasteiger partial charge in [0.05, 0.1) is 11.0 Å². The van der Waals surface area contributed by atoms with Crippen molar-refractivity contribution in [1.29, 1.82) is 0 Å². The number of fused-ring (bicyclic) bond motifs is 2. The second kappa shape index (κ2) is 7.27. The van der Waals surface area contributed by atoms with Crippen molar-refractivity contribution in [2.24, 2.45) is 17.9 Å². The Kier molecular flexibility index (Phi) is 5.16. The van der Waals surface area contributed by atoms with Crippen LogP contribution in [0.1, 0.15) is 16.3 Å².